The first-order valence-corrected chi connectivity index (χ1v) is 8.67. The molecule has 0 aliphatic heterocycles. The molecular weight excluding hydrogens is 386 g/mol. The number of benzene rings is 2. The zero-order valence-electron chi connectivity index (χ0n) is 15.3. The molecule has 0 aliphatic rings. The van der Waals surface area contributed by atoms with E-state index in [-0.39, 0.29) is 24.9 Å². The van der Waals surface area contributed by atoms with Crippen LogP contribution < -0.4 is 19.5 Å². The smallest absolute Gasteiger partial charge is 0.258 e. The van der Waals surface area contributed by atoms with Crippen molar-refractivity contribution in [2.24, 2.45) is 0 Å². The number of hydrogen-bond acceptors (Lipinski definition) is 7. The number of hydrogen-bond donors (Lipinski definition) is 1. The van der Waals surface area contributed by atoms with Crippen LogP contribution in [0, 0.1) is 0 Å². The Morgan fingerprint density at radius 3 is 2.71 bits per heavy atom. The molecule has 1 aromatic heterocycles. The Bertz CT molecular complexity index is 960. The number of para-hydroxylation sites is 1. The molecule has 0 saturated carbocycles. The zero-order valence-corrected chi connectivity index (χ0v) is 16.0. The third-order valence-corrected chi connectivity index (χ3v) is 4.06. The van der Waals surface area contributed by atoms with Crippen molar-refractivity contribution in [3.63, 3.8) is 0 Å². The summed E-state index contributed by atoms with van der Waals surface area (Å²) in [6.45, 7) is -0.118. The van der Waals surface area contributed by atoms with Crippen molar-refractivity contribution in [3.05, 3.63) is 53.4 Å². The molecule has 0 spiro atoms. The molecule has 8 nitrogen and oxygen atoms in total. The summed E-state index contributed by atoms with van der Waals surface area (Å²) in [5.41, 5.74) is 0.645. The zero-order chi connectivity index (χ0) is 19.9. The monoisotopic (exact) mass is 403 g/mol. The van der Waals surface area contributed by atoms with E-state index in [4.69, 9.17) is 30.3 Å². The highest BCUT2D eigenvalue weighted by molar-refractivity contribution is 6.32. The van der Waals surface area contributed by atoms with Crippen LogP contribution in [0.3, 0.4) is 0 Å². The number of amides is 1. The van der Waals surface area contributed by atoms with Crippen LogP contribution in [0.5, 0.6) is 17.2 Å². The maximum absolute atomic E-state index is 11.9. The molecule has 2 aromatic carbocycles. The minimum Gasteiger partial charge on any atom is -0.497 e. The number of halogens is 1. The summed E-state index contributed by atoms with van der Waals surface area (Å²) < 4.78 is 21.1. The lowest BCUT2D eigenvalue weighted by Crippen LogP contribution is -2.28. The van der Waals surface area contributed by atoms with Gasteiger partial charge in [-0.15, -0.1) is 0 Å². The van der Waals surface area contributed by atoms with Crippen LogP contribution in [0.15, 0.2) is 47.0 Å². The predicted octanol–water partition coefficient (Wildman–Crippen LogP) is 3.10. The Kier molecular flexibility index (Phi) is 6.33. The van der Waals surface area contributed by atoms with E-state index in [0.29, 0.717) is 33.7 Å². The van der Waals surface area contributed by atoms with Gasteiger partial charge in [0.05, 0.1) is 31.4 Å². The summed E-state index contributed by atoms with van der Waals surface area (Å²) >= 11 is 5.98. The van der Waals surface area contributed by atoms with Gasteiger partial charge in [0, 0.05) is 6.07 Å². The Morgan fingerprint density at radius 2 is 1.96 bits per heavy atom. The van der Waals surface area contributed by atoms with Crippen molar-refractivity contribution >= 4 is 17.5 Å². The van der Waals surface area contributed by atoms with Crippen molar-refractivity contribution in [2.45, 2.75) is 6.54 Å². The fraction of sp³-hybridized carbons (Fsp3) is 0.211. The second-order valence-electron chi connectivity index (χ2n) is 5.57. The largest absolute Gasteiger partial charge is 0.497 e. The number of rotatable bonds is 8. The first-order valence-electron chi connectivity index (χ1n) is 8.29. The third-order valence-electron chi connectivity index (χ3n) is 3.75. The Hall–Kier alpha value is -3.26. The normalized spacial score (nSPS) is 10.4. The SMILES string of the molecule is COc1ccc(-c2noc(CNC(=O)COc3ccccc3Cl)n2)c(OC)c1. The number of nitrogens with one attached hydrogen (secondary N) is 1. The van der Waals surface area contributed by atoms with E-state index in [1.54, 1.807) is 56.7 Å². The van der Waals surface area contributed by atoms with Crippen molar-refractivity contribution < 1.29 is 23.5 Å². The average Bonchev–Trinajstić information content (AvgIpc) is 3.20. The number of methoxy groups -OCH3 is 2. The highest BCUT2D eigenvalue weighted by Gasteiger charge is 2.15. The number of nitrogens with zero attached hydrogens (tertiary/aromatic N) is 2. The van der Waals surface area contributed by atoms with Crippen LogP contribution in [-0.2, 0) is 11.3 Å². The summed E-state index contributed by atoms with van der Waals surface area (Å²) in [6, 6.07) is 12.2. The lowest BCUT2D eigenvalue weighted by atomic mass is 10.2. The second-order valence-corrected chi connectivity index (χ2v) is 5.98. The molecule has 1 amide bonds. The molecule has 0 unspecified atom stereocenters. The van der Waals surface area contributed by atoms with Gasteiger partial charge in [-0.05, 0) is 24.3 Å². The van der Waals surface area contributed by atoms with Crippen LogP contribution in [0.4, 0.5) is 0 Å². The fourth-order valence-electron chi connectivity index (χ4n) is 2.35. The standard InChI is InChI=1S/C19H18ClN3O5/c1-25-12-7-8-13(16(9-12)26-2)19-22-18(28-23-19)10-21-17(24)11-27-15-6-4-3-5-14(15)20/h3-9H,10-11H2,1-2H3,(H,21,24). The predicted molar refractivity (Wildman–Crippen MR) is 102 cm³/mol. The Balaban J connectivity index is 1.58. The van der Waals surface area contributed by atoms with Crippen LogP contribution in [-0.4, -0.2) is 36.9 Å². The molecule has 0 saturated heterocycles. The van der Waals surface area contributed by atoms with Gasteiger partial charge in [0.1, 0.15) is 17.2 Å². The van der Waals surface area contributed by atoms with Gasteiger partial charge in [0.15, 0.2) is 6.61 Å². The van der Waals surface area contributed by atoms with Crippen molar-refractivity contribution in [3.8, 4) is 28.6 Å². The van der Waals surface area contributed by atoms with E-state index in [0.717, 1.165) is 0 Å². The van der Waals surface area contributed by atoms with Crippen LogP contribution in [0.1, 0.15) is 5.89 Å². The number of carbonyl (C=O) groups is 1. The van der Waals surface area contributed by atoms with Gasteiger partial charge in [-0.1, -0.05) is 28.9 Å². The van der Waals surface area contributed by atoms with Crippen LogP contribution in [0.25, 0.3) is 11.4 Å². The van der Waals surface area contributed by atoms with Crippen molar-refractivity contribution in [1.82, 2.24) is 15.5 Å². The number of ether oxygens (including phenoxy) is 3. The summed E-state index contributed by atoms with van der Waals surface area (Å²) in [5, 5.41) is 7.01. The Morgan fingerprint density at radius 1 is 1.14 bits per heavy atom. The first-order chi connectivity index (χ1) is 13.6. The number of carbonyl (C=O) groups excluding carboxylic acids is 1. The lowest BCUT2D eigenvalue weighted by Gasteiger charge is -2.07. The molecule has 0 bridgehead atoms. The maximum atomic E-state index is 11.9. The van der Waals surface area contributed by atoms with Gasteiger partial charge >= 0.3 is 0 Å². The fourth-order valence-corrected chi connectivity index (χ4v) is 2.54. The van der Waals surface area contributed by atoms with Gasteiger partial charge in [0.2, 0.25) is 11.7 Å². The molecule has 1 N–H and O–H groups in total. The minimum absolute atomic E-state index is 0.0657. The molecule has 146 valence electrons. The molecule has 1 heterocycles. The van der Waals surface area contributed by atoms with E-state index < -0.39 is 0 Å². The summed E-state index contributed by atoms with van der Waals surface area (Å²) in [7, 11) is 3.11. The van der Waals surface area contributed by atoms with E-state index in [2.05, 4.69) is 15.5 Å². The maximum Gasteiger partial charge on any atom is 0.258 e. The average molecular weight is 404 g/mol. The first kappa shape index (κ1) is 19.5. The summed E-state index contributed by atoms with van der Waals surface area (Å²) in [5.74, 6) is 1.88. The minimum atomic E-state index is -0.346. The van der Waals surface area contributed by atoms with Gasteiger partial charge in [0.25, 0.3) is 5.91 Å². The van der Waals surface area contributed by atoms with E-state index in [1.165, 1.54) is 0 Å². The molecule has 0 aliphatic carbocycles. The molecule has 0 radical (unpaired) electrons. The highest BCUT2D eigenvalue weighted by atomic mass is 35.5. The van der Waals surface area contributed by atoms with Gasteiger partial charge in [-0.25, -0.2) is 0 Å². The van der Waals surface area contributed by atoms with Gasteiger partial charge < -0.3 is 24.1 Å². The van der Waals surface area contributed by atoms with Crippen LogP contribution >= 0.6 is 11.6 Å². The third kappa shape index (κ3) is 4.72. The van der Waals surface area contributed by atoms with Gasteiger partial charge in [-0.2, -0.15) is 4.98 Å². The Labute approximate surface area is 166 Å². The van der Waals surface area contributed by atoms with E-state index in [9.17, 15) is 4.79 Å². The molecular formula is C19H18ClN3O5. The molecule has 3 aromatic rings. The summed E-state index contributed by atoms with van der Waals surface area (Å²) in [6.07, 6.45) is 0. The summed E-state index contributed by atoms with van der Waals surface area (Å²) in [4.78, 5) is 16.2. The van der Waals surface area contributed by atoms with Gasteiger partial charge in [-0.3, -0.25) is 4.79 Å². The molecule has 9 heteroatoms. The molecule has 28 heavy (non-hydrogen) atoms. The second kappa shape index (κ2) is 9.09. The highest BCUT2D eigenvalue weighted by Crippen LogP contribution is 2.31. The molecule has 0 fully saturated rings. The number of aromatic nitrogens is 2. The topological polar surface area (TPSA) is 95.7 Å². The lowest BCUT2D eigenvalue weighted by molar-refractivity contribution is -0.123. The molecule has 0 atom stereocenters. The van der Waals surface area contributed by atoms with Crippen molar-refractivity contribution in [2.75, 3.05) is 20.8 Å². The van der Waals surface area contributed by atoms with E-state index >= 15 is 0 Å². The molecule has 3 rings (SSSR count). The quantitative estimate of drug-likeness (QED) is 0.617. The van der Waals surface area contributed by atoms with Crippen LogP contribution in [0.2, 0.25) is 5.02 Å². The van der Waals surface area contributed by atoms with Crippen molar-refractivity contribution in [1.29, 1.82) is 0 Å². The van der Waals surface area contributed by atoms with E-state index in [1.807, 2.05) is 0 Å².